The van der Waals surface area contributed by atoms with Gasteiger partial charge in [0.05, 0.1) is 12.7 Å². The molecule has 1 unspecified atom stereocenters. The Bertz CT molecular complexity index is 641. The van der Waals surface area contributed by atoms with Gasteiger partial charge in [-0.3, -0.25) is 0 Å². The van der Waals surface area contributed by atoms with E-state index in [2.05, 4.69) is 26.0 Å². The third-order valence-electron chi connectivity index (χ3n) is 4.95. The first-order valence-electron chi connectivity index (χ1n) is 9.21. The van der Waals surface area contributed by atoms with Gasteiger partial charge in [0.1, 0.15) is 6.10 Å². The summed E-state index contributed by atoms with van der Waals surface area (Å²) >= 11 is 0. The first-order valence-corrected chi connectivity index (χ1v) is 9.21. The van der Waals surface area contributed by atoms with Crippen LogP contribution >= 0.6 is 0 Å². The summed E-state index contributed by atoms with van der Waals surface area (Å²) < 4.78 is 12.8. The molecule has 25 heavy (non-hydrogen) atoms. The summed E-state index contributed by atoms with van der Waals surface area (Å²) in [6.07, 6.45) is 2.42. The molecule has 3 rings (SSSR count). The summed E-state index contributed by atoms with van der Waals surface area (Å²) in [5.41, 5.74) is 1.89. The van der Waals surface area contributed by atoms with Gasteiger partial charge in [-0.1, -0.05) is 74.5 Å². The Labute approximate surface area is 150 Å². The number of hydrogen-bond acceptors (Lipinski definition) is 3. The summed E-state index contributed by atoms with van der Waals surface area (Å²) in [7, 11) is 0. The largest absolute Gasteiger partial charge is 0.386 e. The van der Waals surface area contributed by atoms with E-state index in [4.69, 9.17) is 9.47 Å². The van der Waals surface area contributed by atoms with Crippen LogP contribution in [-0.2, 0) is 15.3 Å². The maximum absolute atomic E-state index is 10.5. The lowest BCUT2D eigenvalue weighted by molar-refractivity contribution is -0.302. The molecule has 3 atom stereocenters. The van der Waals surface area contributed by atoms with Crippen LogP contribution in [0.4, 0.5) is 0 Å². The van der Waals surface area contributed by atoms with Crippen LogP contribution in [0.3, 0.4) is 0 Å². The molecule has 3 heteroatoms. The maximum Gasteiger partial charge on any atom is 0.195 e. The molecule has 0 amide bonds. The zero-order chi connectivity index (χ0) is 17.7. The third-order valence-corrected chi connectivity index (χ3v) is 4.95. The highest BCUT2D eigenvalue weighted by Gasteiger charge is 2.41. The first-order chi connectivity index (χ1) is 12.1. The lowest BCUT2D eigenvalue weighted by Crippen LogP contribution is -2.43. The van der Waals surface area contributed by atoms with E-state index in [1.54, 1.807) is 0 Å². The van der Waals surface area contributed by atoms with Gasteiger partial charge in [-0.2, -0.15) is 0 Å². The fraction of sp³-hybridized carbons (Fsp3) is 0.455. The average Bonchev–Trinajstić information content (AvgIpc) is 2.67. The van der Waals surface area contributed by atoms with Crippen molar-refractivity contribution < 1.29 is 14.6 Å². The monoisotopic (exact) mass is 340 g/mol. The second-order valence-corrected chi connectivity index (χ2v) is 7.15. The molecule has 134 valence electrons. The molecule has 0 radical (unpaired) electrons. The summed E-state index contributed by atoms with van der Waals surface area (Å²) in [4.78, 5) is 0. The van der Waals surface area contributed by atoms with Gasteiger partial charge in [0, 0.05) is 12.0 Å². The predicted molar refractivity (Wildman–Crippen MR) is 99.0 cm³/mol. The topological polar surface area (TPSA) is 38.7 Å². The van der Waals surface area contributed by atoms with Crippen molar-refractivity contribution in [2.75, 3.05) is 6.61 Å². The maximum atomic E-state index is 10.5. The van der Waals surface area contributed by atoms with Gasteiger partial charge in [0.2, 0.25) is 0 Å². The van der Waals surface area contributed by atoms with Crippen LogP contribution in [0.5, 0.6) is 0 Å². The molecular weight excluding hydrogens is 312 g/mol. The van der Waals surface area contributed by atoms with Crippen molar-refractivity contribution in [3.63, 3.8) is 0 Å². The summed E-state index contributed by atoms with van der Waals surface area (Å²) in [5.74, 6) is -0.337. The van der Waals surface area contributed by atoms with Crippen molar-refractivity contribution in [2.45, 2.75) is 51.1 Å². The summed E-state index contributed by atoms with van der Waals surface area (Å²) in [5, 5.41) is 10.5. The number of benzene rings is 2. The number of hydrogen-bond donors (Lipinski definition) is 1. The smallest absolute Gasteiger partial charge is 0.195 e. The Hall–Kier alpha value is -1.68. The Morgan fingerprint density at radius 2 is 1.72 bits per heavy atom. The molecule has 0 aromatic heterocycles. The first kappa shape index (κ1) is 18.1. The molecular formula is C22H28O3. The molecule has 1 fully saturated rings. The van der Waals surface area contributed by atoms with Crippen LogP contribution in [0, 0.1) is 5.92 Å². The minimum Gasteiger partial charge on any atom is -0.386 e. The van der Waals surface area contributed by atoms with Gasteiger partial charge < -0.3 is 14.6 Å². The zero-order valence-electron chi connectivity index (χ0n) is 15.1. The van der Waals surface area contributed by atoms with E-state index >= 15 is 0 Å². The molecule has 1 aliphatic heterocycles. The van der Waals surface area contributed by atoms with Gasteiger partial charge in [0.15, 0.2) is 5.79 Å². The molecule has 0 aliphatic carbocycles. The molecule has 2 aromatic carbocycles. The second-order valence-electron chi connectivity index (χ2n) is 7.15. The van der Waals surface area contributed by atoms with Crippen molar-refractivity contribution in [1.29, 1.82) is 0 Å². The van der Waals surface area contributed by atoms with Crippen LogP contribution in [0.25, 0.3) is 0 Å². The number of aliphatic hydroxyl groups excluding tert-OH is 1. The van der Waals surface area contributed by atoms with Crippen molar-refractivity contribution in [1.82, 2.24) is 0 Å². The minimum atomic E-state index is -0.774. The number of aliphatic hydroxyl groups is 1. The fourth-order valence-corrected chi connectivity index (χ4v) is 3.45. The normalized spacial score (nSPS) is 25.0. The van der Waals surface area contributed by atoms with Gasteiger partial charge in [-0.15, -0.1) is 0 Å². The van der Waals surface area contributed by atoms with E-state index < -0.39 is 11.9 Å². The zero-order valence-corrected chi connectivity index (χ0v) is 15.1. The van der Waals surface area contributed by atoms with Crippen LogP contribution in [0.15, 0.2) is 60.7 Å². The van der Waals surface area contributed by atoms with E-state index in [1.807, 2.05) is 48.5 Å². The van der Waals surface area contributed by atoms with Crippen LogP contribution < -0.4 is 0 Å². The van der Waals surface area contributed by atoms with E-state index in [9.17, 15) is 5.11 Å². The second kappa shape index (κ2) is 8.13. The molecule has 1 heterocycles. The van der Waals surface area contributed by atoms with Gasteiger partial charge >= 0.3 is 0 Å². The quantitative estimate of drug-likeness (QED) is 0.820. The minimum absolute atomic E-state index is 0.169. The highest BCUT2D eigenvalue weighted by molar-refractivity contribution is 5.21. The lowest BCUT2D eigenvalue weighted by Gasteiger charge is -2.43. The molecule has 1 aliphatic rings. The van der Waals surface area contributed by atoms with Crippen molar-refractivity contribution in [3.05, 3.63) is 71.8 Å². The van der Waals surface area contributed by atoms with Crippen LogP contribution in [0.2, 0.25) is 0 Å². The fourth-order valence-electron chi connectivity index (χ4n) is 3.45. The Morgan fingerprint density at radius 3 is 2.36 bits per heavy atom. The Balaban J connectivity index is 1.80. The van der Waals surface area contributed by atoms with E-state index in [-0.39, 0.29) is 12.7 Å². The SMILES string of the molecule is CC(C)[C@@H]1CCC[C@](OCC(O)c2ccccc2)(c2ccccc2)O1. The van der Waals surface area contributed by atoms with Crippen molar-refractivity contribution in [2.24, 2.45) is 5.92 Å². The molecule has 0 bridgehead atoms. The van der Waals surface area contributed by atoms with Gasteiger partial charge in [0.25, 0.3) is 0 Å². The van der Waals surface area contributed by atoms with Crippen molar-refractivity contribution >= 4 is 0 Å². The van der Waals surface area contributed by atoms with Gasteiger partial charge in [-0.05, 0) is 24.3 Å². The van der Waals surface area contributed by atoms with E-state index in [1.165, 1.54) is 0 Å². The standard InChI is InChI=1S/C22H28O3/c1-17(2)21-14-9-15-22(25-21,19-12-7-4-8-13-19)24-16-20(23)18-10-5-3-6-11-18/h3-8,10-13,17,20-21,23H,9,14-16H2,1-2H3/t20?,21-,22+/m0/s1. The van der Waals surface area contributed by atoms with Crippen LogP contribution in [-0.4, -0.2) is 17.8 Å². The highest BCUT2D eigenvalue weighted by atomic mass is 16.7. The van der Waals surface area contributed by atoms with Gasteiger partial charge in [-0.25, -0.2) is 0 Å². The number of ether oxygens (including phenoxy) is 2. The highest BCUT2D eigenvalue weighted by Crippen LogP contribution is 2.41. The molecule has 2 aromatic rings. The van der Waals surface area contributed by atoms with E-state index in [0.29, 0.717) is 5.92 Å². The molecule has 3 nitrogen and oxygen atoms in total. The summed E-state index contributed by atoms with van der Waals surface area (Å²) in [6.45, 7) is 4.58. The molecule has 1 saturated heterocycles. The lowest BCUT2D eigenvalue weighted by atomic mass is 9.91. The molecule has 0 spiro atoms. The van der Waals surface area contributed by atoms with Crippen molar-refractivity contribution in [3.8, 4) is 0 Å². The molecule has 1 N–H and O–H groups in total. The van der Waals surface area contributed by atoms with E-state index in [0.717, 1.165) is 30.4 Å². The summed E-state index contributed by atoms with van der Waals surface area (Å²) in [6, 6.07) is 19.8. The Kier molecular flexibility index (Phi) is 5.89. The van der Waals surface area contributed by atoms with Crippen LogP contribution in [0.1, 0.15) is 50.3 Å². The Morgan fingerprint density at radius 1 is 1.08 bits per heavy atom. The average molecular weight is 340 g/mol. The predicted octanol–water partition coefficient (Wildman–Crippen LogP) is 4.81. The molecule has 0 saturated carbocycles. The number of rotatable bonds is 6. The third kappa shape index (κ3) is 4.30.